The van der Waals surface area contributed by atoms with Gasteiger partial charge in [-0.15, -0.1) is 0 Å². The summed E-state index contributed by atoms with van der Waals surface area (Å²) < 4.78 is 41.8. The summed E-state index contributed by atoms with van der Waals surface area (Å²) in [5, 5.41) is 0. The molecular formula is C25H27FN2O3S. The van der Waals surface area contributed by atoms with E-state index in [1.165, 1.54) is 11.0 Å². The van der Waals surface area contributed by atoms with Crippen LogP contribution in [-0.2, 0) is 27.8 Å². The first-order chi connectivity index (χ1) is 15.3. The number of nitrogens with zero attached hydrogens (tertiary/aromatic N) is 1. The quantitative estimate of drug-likeness (QED) is 0.519. The van der Waals surface area contributed by atoms with E-state index in [4.69, 9.17) is 0 Å². The van der Waals surface area contributed by atoms with E-state index in [0.717, 1.165) is 11.1 Å². The lowest BCUT2D eigenvalue weighted by atomic mass is 10.1. The summed E-state index contributed by atoms with van der Waals surface area (Å²) in [4.78, 5) is 14.1. The van der Waals surface area contributed by atoms with Gasteiger partial charge in [0.2, 0.25) is 15.9 Å². The Morgan fingerprint density at radius 2 is 1.59 bits per heavy atom. The van der Waals surface area contributed by atoms with Gasteiger partial charge in [0.1, 0.15) is 5.82 Å². The average molecular weight is 455 g/mol. The van der Waals surface area contributed by atoms with Gasteiger partial charge < -0.3 is 4.90 Å². The van der Waals surface area contributed by atoms with Gasteiger partial charge in [0, 0.05) is 31.6 Å². The van der Waals surface area contributed by atoms with Gasteiger partial charge in [-0.3, -0.25) is 4.79 Å². The van der Waals surface area contributed by atoms with Crippen LogP contribution in [0.2, 0.25) is 0 Å². The van der Waals surface area contributed by atoms with Gasteiger partial charge in [0.15, 0.2) is 0 Å². The second kappa shape index (κ2) is 10.5. The zero-order valence-corrected chi connectivity index (χ0v) is 19.0. The molecule has 5 nitrogen and oxygen atoms in total. The van der Waals surface area contributed by atoms with Crippen LogP contribution in [0.25, 0.3) is 0 Å². The molecule has 7 heteroatoms. The molecule has 0 aliphatic heterocycles. The van der Waals surface area contributed by atoms with E-state index in [1.807, 2.05) is 30.3 Å². The zero-order valence-electron chi connectivity index (χ0n) is 18.2. The van der Waals surface area contributed by atoms with E-state index in [1.54, 1.807) is 56.4 Å². The van der Waals surface area contributed by atoms with Crippen molar-refractivity contribution < 1.29 is 17.6 Å². The van der Waals surface area contributed by atoms with Crippen molar-refractivity contribution in [1.29, 1.82) is 0 Å². The Morgan fingerprint density at radius 3 is 2.25 bits per heavy atom. The smallest absolute Gasteiger partial charge is 0.241 e. The van der Waals surface area contributed by atoms with Crippen molar-refractivity contribution in [2.24, 2.45) is 0 Å². The normalized spacial score (nSPS) is 12.3. The highest BCUT2D eigenvalue weighted by Crippen LogP contribution is 2.18. The van der Waals surface area contributed by atoms with E-state index in [2.05, 4.69) is 4.72 Å². The van der Waals surface area contributed by atoms with Gasteiger partial charge in [-0.05, 0) is 42.7 Å². The number of carbonyl (C=O) groups excluding carboxylic acids is 1. The van der Waals surface area contributed by atoms with Crippen molar-refractivity contribution >= 4 is 15.9 Å². The highest BCUT2D eigenvalue weighted by molar-refractivity contribution is 7.89. The molecule has 1 amide bonds. The lowest BCUT2D eigenvalue weighted by Gasteiger charge is -2.18. The van der Waals surface area contributed by atoms with Crippen LogP contribution in [0, 0.1) is 5.82 Å². The first kappa shape index (κ1) is 23.6. The SMILES string of the molecule is C[C@@H](NS(=O)(=O)c1ccc(CCC(=O)N(C)Cc2ccccc2F)cc1)c1ccccc1. The van der Waals surface area contributed by atoms with Crippen molar-refractivity contribution in [1.82, 2.24) is 9.62 Å². The Hall–Kier alpha value is -3.03. The van der Waals surface area contributed by atoms with Gasteiger partial charge in [0.05, 0.1) is 4.90 Å². The minimum atomic E-state index is -3.67. The number of halogens is 1. The molecule has 0 saturated heterocycles. The summed E-state index contributed by atoms with van der Waals surface area (Å²) in [5.41, 5.74) is 2.20. The number of benzene rings is 3. The molecule has 3 rings (SSSR count). The molecule has 1 atom stereocenters. The summed E-state index contributed by atoms with van der Waals surface area (Å²) in [6, 6.07) is 21.9. The van der Waals surface area contributed by atoms with E-state index >= 15 is 0 Å². The first-order valence-corrected chi connectivity index (χ1v) is 11.9. The molecule has 3 aromatic carbocycles. The standard InChI is InChI=1S/C25H27FN2O3S/c1-19(21-8-4-3-5-9-21)27-32(30,31)23-15-12-20(13-16-23)14-17-25(29)28(2)18-22-10-6-7-11-24(22)26/h3-13,15-16,19,27H,14,17-18H2,1-2H3/t19-/m1/s1. The third-order valence-electron chi connectivity index (χ3n) is 5.28. The van der Waals surface area contributed by atoms with Gasteiger partial charge >= 0.3 is 0 Å². The van der Waals surface area contributed by atoms with Crippen molar-refractivity contribution in [3.63, 3.8) is 0 Å². The molecule has 0 aliphatic rings. The predicted octanol–water partition coefficient (Wildman–Crippen LogP) is 4.46. The minimum Gasteiger partial charge on any atom is -0.341 e. The molecular weight excluding hydrogens is 427 g/mol. The van der Waals surface area contributed by atoms with Crippen molar-refractivity contribution in [3.05, 3.63) is 101 Å². The molecule has 0 spiro atoms. The van der Waals surface area contributed by atoms with E-state index in [0.29, 0.717) is 12.0 Å². The van der Waals surface area contributed by atoms with E-state index in [-0.39, 0.29) is 35.6 Å². The minimum absolute atomic E-state index is 0.108. The van der Waals surface area contributed by atoms with Gasteiger partial charge in [-0.25, -0.2) is 17.5 Å². The lowest BCUT2D eigenvalue weighted by Crippen LogP contribution is -2.27. The van der Waals surface area contributed by atoms with E-state index in [9.17, 15) is 17.6 Å². The van der Waals surface area contributed by atoms with Gasteiger partial charge in [-0.2, -0.15) is 0 Å². The molecule has 0 aliphatic carbocycles. The van der Waals surface area contributed by atoms with Gasteiger partial charge in [0.25, 0.3) is 0 Å². The Kier molecular flexibility index (Phi) is 7.77. The van der Waals surface area contributed by atoms with Crippen molar-refractivity contribution in [2.75, 3.05) is 7.05 Å². The number of amides is 1. The topological polar surface area (TPSA) is 66.5 Å². The Bertz CT molecular complexity index is 1150. The molecule has 3 aromatic rings. The highest BCUT2D eigenvalue weighted by Gasteiger charge is 2.18. The van der Waals surface area contributed by atoms with Crippen molar-refractivity contribution in [3.8, 4) is 0 Å². The van der Waals surface area contributed by atoms with Crippen LogP contribution in [-0.4, -0.2) is 26.3 Å². The Morgan fingerprint density at radius 1 is 0.969 bits per heavy atom. The molecule has 1 N–H and O–H groups in total. The first-order valence-electron chi connectivity index (χ1n) is 10.4. The number of carbonyl (C=O) groups is 1. The van der Waals surface area contributed by atoms with Crippen molar-refractivity contribution in [2.45, 2.75) is 37.2 Å². The Balaban J connectivity index is 1.56. The molecule has 0 bridgehead atoms. The second-order valence-electron chi connectivity index (χ2n) is 7.74. The Labute approximate surface area is 188 Å². The average Bonchev–Trinajstić information content (AvgIpc) is 2.79. The fraction of sp³-hybridized carbons (Fsp3) is 0.240. The maximum atomic E-state index is 13.8. The fourth-order valence-electron chi connectivity index (χ4n) is 3.36. The summed E-state index contributed by atoms with van der Waals surface area (Å²) in [6.45, 7) is 2.00. The second-order valence-corrected chi connectivity index (χ2v) is 9.45. The fourth-order valence-corrected chi connectivity index (χ4v) is 4.59. The van der Waals surface area contributed by atoms with Crippen LogP contribution in [0.4, 0.5) is 4.39 Å². The lowest BCUT2D eigenvalue weighted by molar-refractivity contribution is -0.130. The molecule has 0 fully saturated rings. The van der Waals surface area contributed by atoms with Crippen LogP contribution in [0.5, 0.6) is 0 Å². The number of rotatable bonds is 9. The molecule has 168 valence electrons. The summed E-state index contributed by atoms with van der Waals surface area (Å²) in [6.07, 6.45) is 0.717. The molecule has 32 heavy (non-hydrogen) atoms. The molecule has 0 unspecified atom stereocenters. The summed E-state index contributed by atoms with van der Waals surface area (Å²) in [7, 11) is -2.03. The molecule has 0 radical (unpaired) electrons. The number of aryl methyl sites for hydroxylation is 1. The zero-order chi connectivity index (χ0) is 23.1. The van der Waals surface area contributed by atoms with Gasteiger partial charge in [-0.1, -0.05) is 60.7 Å². The third-order valence-corrected chi connectivity index (χ3v) is 6.84. The van der Waals surface area contributed by atoms with Crippen LogP contribution < -0.4 is 4.72 Å². The molecule has 0 heterocycles. The van der Waals surface area contributed by atoms with Crippen LogP contribution >= 0.6 is 0 Å². The van der Waals surface area contributed by atoms with E-state index < -0.39 is 10.0 Å². The van der Waals surface area contributed by atoms with Crippen LogP contribution in [0.3, 0.4) is 0 Å². The third kappa shape index (κ3) is 6.24. The maximum Gasteiger partial charge on any atom is 0.241 e. The largest absolute Gasteiger partial charge is 0.341 e. The highest BCUT2D eigenvalue weighted by atomic mass is 32.2. The number of nitrogens with one attached hydrogen (secondary N) is 1. The summed E-state index contributed by atoms with van der Waals surface area (Å²) in [5.74, 6) is -0.442. The monoisotopic (exact) mass is 454 g/mol. The molecule has 0 saturated carbocycles. The number of hydrogen-bond donors (Lipinski definition) is 1. The van der Waals surface area contributed by atoms with Crippen LogP contribution in [0.1, 0.15) is 36.1 Å². The number of sulfonamides is 1. The van der Waals surface area contributed by atoms with Crippen LogP contribution in [0.15, 0.2) is 83.8 Å². The molecule has 0 aromatic heterocycles. The predicted molar refractivity (Wildman–Crippen MR) is 123 cm³/mol. The maximum absolute atomic E-state index is 13.8. The number of hydrogen-bond acceptors (Lipinski definition) is 3. The summed E-state index contributed by atoms with van der Waals surface area (Å²) >= 11 is 0.